The van der Waals surface area contributed by atoms with E-state index in [1.54, 1.807) is 0 Å². The van der Waals surface area contributed by atoms with Gasteiger partial charge < -0.3 is 9.84 Å². The van der Waals surface area contributed by atoms with Crippen molar-refractivity contribution >= 4 is 33.7 Å². The molecule has 5 nitrogen and oxygen atoms in total. The van der Waals surface area contributed by atoms with Crippen LogP contribution in [0.15, 0.2) is 59.1 Å². The van der Waals surface area contributed by atoms with Gasteiger partial charge in [0.1, 0.15) is 6.61 Å². The third-order valence-electron chi connectivity index (χ3n) is 5.18. The number of aromatic carboxylic acids is 1. The molecule has 3 aromatic carbocycles. The van der Waals surface area contributed by atoms with Crippen LogP contribution in [0.2, 0.25) is 0 Å². The average Bonchev–Trinajstić information content (AvgIpc) is 3.06. The molecule has 0 saturated carbocycles. The molecule has 0 radical (unpaired) electrons. The molecule has 0 aromatic heterocycles. The fourth-order valence-corrected chi connectivity index (χ4v) is 4.33. The lowest BCUT2D eigenvalue weighted by Crippen LogP contribution is -2.19. The van der Waals surface area contributed by atoms with E-state index in [9.17, 15) is 19.1 Å². The molecule has 1 amide bonds. The van der Waals surface area contributed by atoms with Crippen LogP contribution in [0.3, 0.4) is 0 Å². The van der Waals surface area contributed by atoms with Crippen molar-refractivity contribution in [2.24, 2.45) is 0 Å². The molecule has 0 atom stereocenters. The Hall–Kier alpha value is -3.19. The summed E-state index contributed by atoms with van der Waals surface area (Å²) in [5.74, 6) is -2.09. The minimum Gasteiger partial charge on any atom is -0.478 e. The maximum absolute atomic E-state index is 14.5. The zero-order chi connectivity index (χ0) is 21.4. The van der Waals surface area contributed by atoms with Crippen LogP contribution in [0.25, 0.3) is 11.1 Å². The van der Waals surface area contributed by atoms with Gasteiger partial charge in [-0.05, 0) is 56.7 Å². The number of amides is 1. The van der Waals surface area contributed by atoms with Gasteiger partial charge in [-0.3, -0.25) is 5.32 Å². The lowest BCUT2D eigenvalue weighted by Gasteiger charge is -2.16. The fraction of sp³-hybridized carbons (Fsp3) is 0.130. The van der Waals surface area contributed by atoms with Gasteiger partial charge in [-0.2, -0.15) is 0 Å². The molecule has 7 heteroatoms. The number of rotatable bonds is 4. The highest BCUT2D eigenvalue weighted by Crippen LogP contribution is 2.44. The minimum absolute atomic E-state index is 0.0494. The maximum atomic E-state index is 14.5. The second-order valence-corrected chi connectivity index (χ2v) is 7.79. The molecule has 0 saturated heterocycles. The molecule has 3 aromatic rings. The monoisotopic (exact) mass is 469 g/mol. The van der Waals surface area contributed by atoms with E-state index in [-0.39, 0.29) is 33.8 Å². The third-order valence-corrected chi connectivity index (χ3v) is 6.01. The van der Waals surface area contributed by atoms with Crippen molar-refractivity contribution in [1.82, 2.24) is 0 Å². The van der Waals surface area contributed by atoms with Gasteiger partial charge in [0.25, 0.3) is 0 Å². The van der Waals surface area contributed by atoms with Crippen LogP contribution in [0.5, 0.6) is 0 Å². The van der Waals surface area contributed by atoms with Crippen molar-refractivity contribution in [3.63, 3.8) is 0 Å². The summed E-state index contributed by atoms with van der Waals surface area (Å²) in [4.78, 5) is 23.8. The molecule has 0 spiro atoms. The molecular weight excluding hydrogens is 453 g/mol. The molecule has 0 heterocycles. The van der Waals surface area contributed by atoms with Crippen molar-refractivity contribution in [2.45, 2.75) is 12.8 Å². The van der Waals surface area contributed by atoms with Crippen molar-refractivity contribution < 1.29 is 23.8 Å². The van der Waals surface area contributed by atoms with Crippen molar-refractivity contribution in [1.29, 1.82) is 0 Å². The number of fused-ring (bicyclic) bond motifs is 3. The van der Waals surface area contributed by atoms with Gasteiger partial charge >= 0.3 is 12.1 Å². The molecule has 152 valence electrons. The Morgan fingerprint density at radius 3 is 2.23 bits per heavy atom. The normalized spacial score (nSPS) is 12.2. The Bertz CT molecular complexity index is 1130. The SMILES string of the molecule is Cc1cc(C(=O)O)c(Br)c(NC(=O)OCC2c3ccccc3-c3ccccc32)c1F. The number of carboxylic acid groups (broad SMARTS) is 1. The average molecular weight is 470 g/mol. The summed E-state index contributed by atoms with van der Waals surface area (Å²) < 4.78 is 19.9. The Morgan fingerprint density at radius 1 is 1.10 bits per heavy atom. The van der Waals surface area contributed by atoms with E-state index < -0.39 is 17.9 Å². The topological polar surface area (TPSA) is 75.6 Å². The standard InChI is InChI=1S/C23H17BrFNO4/c1-12-10-17(22(27)28)19(24)21(20(12)25)26-23(29)30-11-18-15-8-4-2-6-13(15)14-7-3-5-9-16(14)18/h2-10,18H,11H2,1H3,(H,26,29)(H,27,28). The number of aryl methyl sites for hydroxylation is 1. The Labute approximate surface area is 180 Å². The van der Waals surface area contributed by atoms with Crippen LogP contribution in [0, 0.1) is 12.7 Å². The predicted molar refractivity (Wildman–Crippen MR) is 114 cm³/mol. The smallest absolute Gasteiger partial charge is 0.411 e. The van der Waals surface area contributed by atoms with Gasteiger partial charge in [-0.25, -0.2) is 14.0 Å². The van der Waals surface area contributed by atoms with Gasteiger partial charge in [0, 0.05) is 5.92 Å². The molecular formula is C23H17BrFNO4. The number of nitrogens with one attached hydrogen (secondary N) is 1. The molecule has 0 unspecified atom stereocenters. The largest absolute Gasteiger partial charge is 0.478 e. The van der Waals surface area contributed by atoms with Crippen LogP contribution < -0.4 is 5.32 Å². The summed E-state index contributed by atoms with van der Waals surface area (Å²) in [6, 6.07) is 17.0. The van der Waals surface area contributed by atoms with Gasteiger partial charge in [-0.15, -0.1) is 0 Å². The maximum Gasteiger partial charge on any atom is 0.411 e. The molecule has 0 aliphatic heterocycles. The quantitative estimate of drug-likeness (QED) is 0.494. The fourth-order valence-electron chi connectivity index (χ4n) is 3.77. The summed E-state index contributed by atoms with van der Waals surface area (Å²) in [5.41, 5.74) is 4.00. The zero-order valence-electron chi connectivity index (χ0n) is 15.9. The third kappa shape index (κ3) is 3.45. The minimum atomic E-state index is -1.24. The number of carbonyl (C=O) groups excluding carboxylic acids is 1. The van der Waals surface area contributed by atoms with Gasteiger partial charge in [-0.1, -0.05) is 48.5 Å². The van der Waals surface area contributed by atoms with Crippen LogP contribution in [-0.2, 0) is 4.74 Å². The summed E-state index contributed by atoms with van der Waals surface area (Å²) in [7, 11) is 0. The second-order valence-electron chi connectivity index (χ2n) is 7.00. The lowest BCUT2D eigenvalue weighted by molar-refractivity contribution is 0.0695. The summed E-state index contributed by atoms with van der Waals surface area (Å²) in [6.07, 6.45) is -0.863. The molecule has 0 fully saturated rings. The van der Waals surface area contributed by atoms with E-state index in [4.69, 9.17) is 4.74 Å². The van der Waals surface area contributed by atoms with Crippen LogP contribution >= 0.6 is 15.9 Å². The molecule has 1 aliphatic rings. The van der Waals surface area contributed by atoms with E-state index in [0.29, 0.717) is 0 Å². The second kappa shape index (κ2) is 7.91. The molecule has 1 aliphatic carbocycles. The van der Waals surface area contributed by atoms with E-state index in [0.717, 1.165) is 22.3 Å². The zero-order valence-corrected chi connectivity index (χ0v) is 17.5. The van der Waals surface area contributed by atoms with Gasteiger partial charge in [0.15, 0.2) is 5.82 Å². The van der Waals surface area contributed by atoms with E-state index in [1.807, 2.05) is 48.5 Å². The van der Waals surface area contributed by atoms with Crippen molar-refractivity contribution in [2.75, 3.05) is 11.9 Å². The first-order valence-electron chi connectivity index (χ1n) is 9.22. The number of carboxylic acids is 1. The lowest BCUT2D eigenvalue weighted by atomic mass is 9.98. The molecule has 2 N–H and O–H groups in total. The molecule has 0 bridgehead atoms. The first-order valence-corrected chi connectivity index (χ1v) is 10.0. The number of carbonyl (C=O) groups is 2. The number of hydrogen-bond donors (Lipinski definition) is 2. The number of benzene rings is 3. The summed E-state index contributed by atoms with van der Waals surface area (Å²) in [6.45, 7) is 1.49. The van der Waals surface area contributed by atoms with E-state index in [2.05, 4.69) is 21.2 Å². The number of ether oxygens (including phenoxy) is 1. The first-order chi connectivity index (χ1) is 14.4. The van der Waals surface area contributed by atoms with Gasteiger partial charge in [0.05, 0.1) is 15.7 Å². The number of halogens is 2. The van der Waals surface area contributed by atoms with Gasteiger partial charge in [0.2, 0.25) is 0 Å². The predicted octanol–water partition coefficient (Wildman–Crippen LogP) is 5.96. The van der Waals surface area contributed by atoms with Crippen LogP contribution in [0.4, 0.5) is 14.9 Å². The summed E-state index contributed by atoms with van der Waals surface area (Å²) >= 11 is 3.06. The highest BCUT2D eigenvalue weighted by Gasteiger charge is 2.29. The first kappa shape index (κ1) is 20.1. The van der Waals surface area contributed by atoms with E-state index in [1.165, 1.54) is 13.0 Å². The van der Waals surface area contributed by atoms with Crippen LogP contribution in [-0.4, -0.2) is 23.8 Å². The van der Waals surface area contributed by atoms with E-state index >= 15 is 0 Å². The highest BCUT2D eigenvalue weighted by atomic mass is 79.9. The number of anilines is 1. The van der Waals surface area contributed by atoms with Crippen molar-refractivity contribution in [3.05, 3.63) is 87.1 Å². The Kier molecular flexibility index (Phi) is 5.30. The molecule has 30 heavy (non-hydrogen) atoms. The van der Waals surface area contributed by atoms with Crippen molar-refractivity contribution in [3.8, 4) is 11.1 Å². The Morgan fingerprint density at radius 2 is 1.67 bits per heavy atom. The number of hydrogen-bond acceptors (Lipinski definition) is 3. The van der Waals surface area contributed by atoms with Crippen LogP contribution in [0.1, 0.15) is 33.0 Å². The highest BCUT2D eigenvalue weighted by molar-refractivity contribution is 9.10. The summed E-state index contributed by atoms with van der Waals surface area (Å²) in [5, 5.41) is 11.6. The Balaban J connectivity index is 1.55. The molecule has 4 rings (SSSR count).